The monoisotopic (exact) mass is 197 g/mol. The number of aromatic nitrogens is 5. The summed E-state index contributed by atoms with van der Waals surface area (Å²) in [5.41, 5.74) is 0.915. The third kappa shape index (κ3) is 1.25. The number of tetrazole rings is 1. The Balaban J connectivity index is 2.36. The van der Waals surface area contributed by atoms with Crippen molar-refractivity contribution in [1.29, 1.82) is 0 Å². The number of pyridine rings is 1. The summed E-state index contributed by atoms with van der Waals surface area (Å²) in [5.74, 6) is 0.638. The van der Waals surface area contributed by atoms with Gasteiger partial charge in [-0.3, -0.25) is 4.98 Å². The minimum atomic E-state index is 0.638. The fraction of sp³-hybridized carbons (Fsp3) is 0. The summed E-state index contributed by atoms with van der Waals surface area (Å²) >= 11 is 0. The molecule has 0 fully saturated rings. The van der Waals surface area contributed by atoms with Crippen LogP contribution in [0.5, 0.6) is 0 Å². The van der Waals surface area contributed by atoms with Crippen LogP contribution in [0.1, 0.15) is 0 Å². The molecular weight excluding hydrogens is 190 g/mol. The lowest BCUT2D eigenvalue weighted by atomic mass is 10.1. The van der Waals surface area contributed by atoms with E-state index in [0.717, 1.165) is 16.3 Å². The van der Waals surface area contributed by atoms with Gasteiger partial charge in [0.05, 0.1) is 0 Å². The highest BCUT2D eigenvalue weighted by Gasteiger charge is 2.06. The van der Waals surface area contributed by atoms with Gasteiger partial charge in [0.1, 0.15) is 0 Å². The SMILES string of the molecule is c1ccc2c(-c3nnn[nH]3)cncc2c1. The number of hydrogen-bond acceptors (Lipinski definition) is 4. The molecule has 5 nitrogen and oxygen atoms in total. The van der Waals surface area contributed by atoms with Gasteiger partial charge in [-0.1, -0.05) is 24.3 Å². The van der Waals surface area contributed by atoms with Gasteiger partial charge in [0, 0.05) is 23.3 Å². The molecule has 3 rings (SSSR count). The molecule has 0 atom stereocenters. The zero-order valence-electron chi connectivity index (χ0n) is 7.75. The molecule has 0 bridgehead atoms. The number of benzene rings is 1. The maximum Gasteiger partial charge on any atom is 0.181 e. The van der Waals surface area contributed by atoms with Gasteiger partial charge in [-0.2, -0.15) is 0 Å². The predicted octanol–water partition coefficient (Wildman–Crippen LogP) is 1.41. The molecule has 0 aliphatic heterocycles. The van der Waals surface area contributed by atoms with Gasteiger partial charge in [0.2, 0.25) is 0 Å². The van der Waals surface area contributed by atoms with Crippen LogP contribution in [0.4, 0.5) is 0 Å². The number of nitrogens with zero attached hydrogens (tertiary/aromatic N) is 4. The molecule has 1 N–H and O–H groups in total. The number of rotatable bonds is 1. The molecular formula is C10H7N5. The second-order valence-corrected chi connectivity index (χ2v) is 3.16. The largest absolute Gasteiger partial charge is 0.263 e. The molecule has 0 saturated carbocycles. The number of H-pyrrole nitrogens is 1. The normalized spacial score (nSPS) is 10.7. The number of aromatic amines is 1. The summed E-state index contributed by atoms with van der Waals surface area (Å²) in [6, 6.07) is 7.99. The van der Waals surface area contributed by atoms with Crippen molar-refractivity contribution in [2.24, 2.45) is 0 Å². The van der Waals surface area contributed by atoms with E-state index in [1.807, 2.05) is 30.5 Å². The fourth-order valence-electron chi connectivity index (χ4n) is 1.58. The standard InChI is InChI=1S/C10H7N5/c1-2-4-8-7(3-1)5-11-6-9(8)10-12-14-15-13-10/h1-6H,(H,12,13,14,15). The van der Waals surface area contributed by atoms with Crippen LogP contribution >= 0.6 is 0 Å². The van der Waals surface area contributed by atoms with Crippen LogP contribution < -0.4 is 0 Å². The first kappa shape index (κ1) is 8.05. The molecule has 0 saturated heterocycles. The quantitative estimate of drug-likeness (QED) is 0.640. The van der Waals surface area contributed by atoms with E-state index in [2.05, 4.69) is 25.6 Å². The zero-order chi connectivity index (χ0) is 10.1. The summed E-state index contributed by atoms with van der Waals surface area (Å²) in [4.78, 5) is 4.15. The van der Waals surface area contributed by atoms with E-state index in [-0.39, 0.29) is 0 Å². The molecule has 15 heavy (non-hydrogen) atoms. The van der Waals surface area contributed by atoms with Gasteiger partial charge in [-0.15, -0.1) is 5.10 Å². The van der Waals surface area contributed by atoms with Gasteiger partial charge in [0.25, 0.3) is 0 Å². The second-order valence-electron chi connectivity index (χ2n) is 3.16. The molecule has 5 heteroatoms. The Morgan fingerprint density at radius 2 is 2.00 bits per heavy atom. The molecule has 72 valence electrons. The first-order chi connectivity index (χ1) is 7.45. The van der Waals surface area contributed by atoms with Gasteiger partial charge in [0.15, 0.2) is 5.82 Å². The first-order valence-electron chi connectivity index (χ1n) is 4.52. The number of nitrogens with one attached hydrogen (secondary N) is 1. The minimum Gasteiger partial charge on any atom is -0.263 e. The van der Waals surface area contributed by atoms with Crippen LogP contribution in [0.15, 0.2) is 36.7 Å². The van der Waals surface area contributed by atoms with Gasteiger partial charge < -0.3 is 0 Å². The molecule has 0 unspecified atom stereocenters. The minimum absolute atomic E-state index is 0.638. The third-order valence-corrected chi connectivity index (χ3v) is 2.27. The summed E-state index contributed by atoms with van der Waals surface area (Å²) in [7, 11) is 0. The maximum atomic E-state index is 4.15. The maximum absolute atomic E-state index is 4.15. The van der Waals surface area contributed by atoms with Crippen molar-refractivity contribution in [1.82, 2.24) is 25.6 Å². The van der Waals surface area contributed by atoms with Crippen LogP contribution in [0, 0.1) is 0 Å². The topological polar surface area (TPSA) is 67.3 Å². The van der Waals surface area contributed by atoms with Crippen molar-refractivity contribution in [3.05, 3.63) is 36.7 Å². The summed E-state index contributed by atoms with van der Waals surface area (Å²) in [6.07, 6.45) is 3.58. The van der Waals surface area contributed by atoms with Crippen molar-refractivity contribution < 1.29 is 0 Å². The molecule has 0 spiro atoms. The molecule has 2 heterocycles. The molecule has 1 aromatic carbocycles. The van der Waals surface area contributed by atoms with E-state index in [0.29, 0.717) is 5.82 Å². The highest BCUT2D eigenvalue weighted by molar-refractivity contribution is 5.93. The first-order valence-corrected chi connectivity index (χ1v) is 4.52. The van der Waals surface area contributed by atoms with E-state index < -0.39 is 0 Å². The smallest absolute Gasteiger partial charge is 0.181 e. The fourth-order valence-corrected chi connectivity index (χ4v) is 1.58. The Kier molecular flexibility index (Phi) is 1.68. The van der Waals surface area contributed by atoms with Gasteiger partial charge in [-0.05, 0) is 15.8 Å². The lowest BCUT2D eigenvalue weighted by molar-refractivity contribution is 0.881. The van der Waals surface area contributed by atoms with Crippen LogP contribution in [0.2, 0.25) is 0 Å². The van der Waals surface area contributed by atoms with Crippen LogP contribution in [-0.2, 0) is 0 Å². The average molecular weight is 197 g/mol. The lowest BCUT2D eigenvalue weighted by Crippen LogP contribution is -1.85. The van der Waals surface area contributed by atoms with Crippen LogP contribution in [-0.4, -0.2) is 25.6 Å². The Hall–Kier alpha value is -2.30. The predicted molar refractivity (Wildman–Crippen MR) is 54.9 cm³/mol. The Bertz CT molecular complexity index is 582. The van der Waals surface area contributed by atoms with E-state index in [9.17, 15) is 0 Å². The van der Waals surface area contributed by atoms with Crippen molar-refractivity contribution in [2.75, 3.05) is 0 Å². The summed E-state index contributed by atoms with van der Waals surface area (Å²) in [6.45, 7) is 0. The highest BCUT2D eigenvalue weighted by Crippen LogP contribution is 2.23. The average Bonchev–Trinajstić information content (AvgIpc) is 2.82. The van der Waals surface area contributed by atoms with Gasteiger partial charge >= 0.3 is 0 Å². The van der Waals surface area contributed by atoms with Crippen molar-refractivity contribution in [3.8, 4) is 11.4 Å². The Morgan fingerprint density at radius 3 is 2.87 bits per heavy atom. The van der Waals surface area contributed by atoms with Crippen molar-refractivity contribution >= 4 is 10.8 Å². The van der Waals surface area contributed by atoms with Crippen molar-refractivity contribution in [3.63, 3.8) is 0 Å². The van der Waals surface area contributed by atoms with Crippen molar-refractivity contribution in [2.45, 2.75) is 0 Å². The summed E-state index contributed by atoms with van der Waals surface area (Å²) in [5, 5.41) is 15.9. The van der Waals surface area contributed by atoms with Crippen LogP contribution in [0.3, 0.4) is 0 Å². The molecule has 0 aliphatic carbocycles. The van der Waals surface area contributed by atoms with E-state index in [1.165, 1.54) is 0 Å². The second kappa shape index (κ2) is 3.13. The van der Waals surface area contributed by atoms with E-state index >= 15 is 0 Å². The molecule has 0 amide bonds. The molecule has 0 aliphatic rings. The molecule has 3 aromatic rings. The highest BCUT2D eigenvalue weighted by atomic mass is 15.5. The third-order valence-electron chi connectivity index (χ3n) is 2.27. The number of fused-ring (bicyclic) bond motifs is 1. The number of hydrogen-bond donors (Lipinski definition) is 1. The Morgan fingerprint density at radius 1 is 1.07 bits per heavy atom. The molecule has 0 radical (unpaired) electrons. The van der Waals surface area contributed by atoms with E-state index in [1.54, 1.807) is 6.20 Å². The summed E-state index contributed by atoms with van der Waals surface area (Å²) < 4.78 is 0. The molecule has 2 aromatic heterocycles. The zero-order valence-corrected chi connectivity index (χ0v) is 7.75. The Labute approximate surface area is 85.2 Å². The van der Waals surface area contributed by atoms with Crippen LogP contribution in [0.25, 0.3) is 22.2 Å². The van der Waals surface area contributed by atoms with Gasteiger partial charge in [-0.25, -0.2) is 5.10 Å². The van der Waals surface area contributed by atoms with E-state index in [4.69, 9.17) is 0 Å². The lowest BCUT2D eigenvalue weighted by Gasteiger charge is -2.00.